The monoisotopic (exact) mass is 879 g/mol. The van der Waals surface area contributed by atoms with E-state index in [9.17, 15) is 0 Å². The van der Waals surface area contributed by atoms with Crippen molar-refractivity contribution in [1.29, 1.82) is 0 Å². The molecule has 0 radical (unpaired) electrons. The molecule has 8 aliphatic heterocycles. The average Bonchev–Trinajstić information content (AvgIpc) is 3.59. The first-order chi connectivity index (χ1) is 29.7. The summed E-state index contributed by atoms with van der Waals surface area (Å²) in [6, 6.07) is 0. The minimum absolute atomic E-state index is 0.628. The Morgan fingerprint density at radius 3 is 0.541 bits per heavy atom. The normalized spacial score (nSPS) is 25.2. The van der Waals surface area contributed by atoms with E-state index in [-0.39, 0.29) is 0 Å². The summed E-state index contributed by atoms with van der Waals surface area (Å²) in [5, 5.41) is 0. The standard InChI is InChI=1S/C11H23NO4.C7H15NO2.C6H13N.C5H11NO.C5H11N.C4H9NO.C4H9N.C3H7N/c1-12-2-4-13-6-8-15-10-11-16-9-7-14-5-3-12;1-8-2-4-9-6-7-10-5-3-8;1-7-5-3-2-4-6-7;1-6-2-4-7-5-3-6;1-6-4-2-3-5-6;1-5-2-3-6-4-5;1-5-3-2-4-5;1-4-2-3-4/h2-11H2,1H3;2-7H2,1H3;2-6H2,1H3;2-5H2,1H3;2-5H2,1H3;2-4H2,1H3;2-4H2,1H3;2-3H2,1H3. The predicted octanol–water partition coefficient (Wildman–Crippen LogP) is 1.89. The second-order valence-electron chi connectivity index (χ2n) is 17.1. The van der Waals surface area contributed by atoms with Gasteiger partial charge in [-0.1, -0.05) is 6.42 Å². The summed E-state index contributed by atoms with van der Waals surface area (Å²) >= 11 is 0. The van der Waals surface area contributed by atoms with Gasteiger partial charge in [0.15, 0.2) is 0 Å². The van der Waals surface area contributed by atoms with E-state index in [1.165, 1.54) is 90.9 Å². The Balaban J connectivity index is 0.000000363. The lowest BCUT2D eigenvalue weighted by Crippen LogP contribution is -2.32. The van der Waals surface area contributed by atoms with Crippen LogP contribution < -0.4 is 0 Å². The van der Waals surface area contributed by atoms with Gasteiger partial charge in [0.05, 0.1) is 106 Å². The van der Waals surface area contributed by atoms with Crippen molar-refractivity contribution in [3.05, 3.63) is 0 Å². The van der Waals surface area contributed by atoms with Crippen LogP contribution in [0.1, 0.15) is 38.5 Å². The topological polar surface area (TPSA) is 99.5 Å². The largest absolute Gasteiger partial charge is 0.379 e. The Morgan fingerprint density at radius 1 is 0.180 bits per heavy atom. The molecule has 0 amide bonds. The van der Waals surface area contributed by atoms with Crippen LogP contribution in [-0.4, -0.2) is 300 Å². The van der Waals surface area contributed by atoms with Gasteiger partial charge in [0.1, 0.15) is 0 Å². The van der Waals surface area contributed by atoms with E-state index in [2.05, 4.69) is 88.5 Å². The Labute approximate surface area is 375 Å². The van der Waals surface area contributed by atoms with Gasteiger partial charge in [-0.3, -0.25) is 4.90 Å². The van der Waals surface area contributed by atoms with Gasteiger partial charge < -0.3 is 72.2 Å². The zero-order valence-electron chi connectivity index (χ0n) is 41.0. The van der Waals surface area contributed by atoms with E-state index in [1.807, 2.05) is 7.05 Å². The molecule has 0 unspecified atom stereocenters. The SMILES string of the molecule is CN1CC1.CN1CCC1.CN1CCCC1.CN1CCCCC1.CN1CCOC1.CN1CCOCC1.CN1CCOCCOCC1.CN1CCOCCOCCOCCOCC1. The van der Waals surface area contributed by atoms with Crippen molar-refractivity contribution in [1.82, 2.24) is 39.2 Å². The molecule has 0 atom stereocenters. The summed E-state index contributed by atoms with van der Waals surface area (Å²) in [5.74, 6) is 0. The minimum Gasteiger partial charge on any atom is -0.379 e. The maximum Gasteiger partial charge on any atom is 0.0989 e. The fourth-order valence-corrected chi connectivity index (χ4v) is 5.85. The van der Waals surface area contributed by atoms with Gasteiger partial charge >= 0.3 is 0 Å². The number of hydrogen-bond donors (Lipinski definition) is 0. The van der Waals surface area contributed by atoms with Crippen molar-refractivity contribution in [2.75, 3.05) is 260 Å². The second kappa shape index (κ2) is 43.3. The van der Waals surface area contributed by atoms with Gasteiger partial charge in [0.25, 0.3) is 0 Å². The van der Waals surface area contributed by atoms with Crippen molar-refractivity contribution < 1.29 is 37.9 Å². The number of likely N-dealkylation sites (tertiary alicyclic amines) is 3. The van der Waals surface area contributed by atoms with E-state index in [4.69, 9.17) is 37.9 Å². The van der Waals surface area contributed by atoms with Crippen molar-refractivity contribution in [2.45, 2.75) is 38.5 Å². The van der Waals surface area contributed by atoms with Gasteiger partial charge in [0, 0.05) is 58.9 Å². The van der Waals surface area contributed by atoms with Crippen LogP contribution in [0, 0.1) is 0 Å². The highest BCUT2D eigenvalue weighted by Crippen LogP contribution is 2.05. The van der Waals surface area contributed by atoms with Crippen molar-refractivity contribution in [3.63, 3.8) is 0 Å². The summed E-state index contributed by atoms with van der Waals surface area (Å²) in [6.07, 6.45) is 8.51. The zero-order chi connectivity index (χ0) is 44.4. The Hall–Kier alpha value is -0.640. The first kappa shape index (κ1) is 58.4. The molecule has 0 aromatic heterocycles. The molecule has 0 aromatic carbocycles. The summed E-state index contributed by atoms with van der Waals surface area (Å²) < 4.78 is 42.1. The third kappa shape index (κ3) is 44.4. The number of piperidine rings is 1. The van der Waals surface area contributed by atoms with E-state index in [0.717, 1.165) is 112 Å². The highest BCUT2D eigenvalue weighted by molar-refractivity contribution is 4.64. The minimum atomic E-state index is 0.628. The Kier molecular flexibility index (Phi) is 41.4. The molecule has 8 saturated heterocycles. The summed E-state index contributed by atoms with van der Waals surface area (Å²) in [4.78, 5) is 18.1. The Morgan fingerprint density at radius 2 is 0.377 bits per heavy atom. The quantitative estimate of drug-likeness (QED) is 0.331. The highest BCUT2D eigenvalue weighted by Gasteiger charge is 2.08. The third-order valence-corrected chi connectivity index (χ3v) is 10.8. The fraction of sp³-hybridized carbons (Fsp3) is 1.00. The van der Waals surface area contributed by atoms with Crippen LogP contribution in [0.2, 0.25) is 0 Å². The summed E-state index contributed by atoms with van der Waals surface area (Å²) in [7, 11) is 16.9. The number of ether oxygens (including phenoxy) is 8. The van der Waals surface area contributed by atoms with Gasteiger partial charge in [0.2, 0.25) is 0 Å². The van der Waals surface area contributed by atoms with Gasteiger partial charge in [-0.15, -0.1) is 0 Å². The van der Waals surface area contributed by atoms with Crippen LogP contribution in [0.5, 0.6) is 0 Å². The van der Waals surface area contributed by atoms with Crippen LogP contribution in [-0.2, 0) is 37.9 Å². The number of rotatable bonds is 0. The molecule has 16 nitrogen and oxygen atoms in total. The van der Waals surface area contributed by atoms with Crippen LogP contribution in [0.15, 0.2) is 0 Å². The first-order valence-corrected chi connectivity index (χ1v) is 23.8. The number of morpholine rings is 1. The molecular formula is C45H98N8O8. The average molecular weight is 879 g/mol. The van der Waals surface area contributed by atoms with Crippen LogP contribution in [0.4, 0.5) is 0 Å². The lowest BCUT2D eigenvalue weighted by Gasteiger charge is -2.24. The molecule has 16 heteroatoms. The predicted molar refractivity (Wildman–Crippen MR) is 249 cm³/mol. The van der Waals surface area contributed by atoms with Crippen molar-refractivity contribution in [3.8, 4) is 0 Å². The van der Waals surface area contributed by atoms with E-state index >= 15 is 0 Å². The van der Waals surface area contributed by atoms with Crippen molar-refractivity contribution >= 4 is 0 Å². The Bertz CT molecular complexity index is 822. The molecule has 8 heterocycles. The molecule has 0 bridgehead atoms. The molecule has 0 saturated carbocycles. The molecule has 61 heavy (non-hydrogen) atoms. The molecular weight excluding hydrogens is 781 g/mol. The van der Waals surface area contributed by atoms with E-state index in [0.29, 0.717) is 39.6 Å². The van der Waals surface area contributed by atoms with Crippen LogP contribution in [0.25, 0.3) is 0 Å². The van der Waals surface area contributed by atoms with Crippen molar-refractivity contribution in [2.24, 2.45) is 0 Å². The number of hydrogen-bond acceptors (Lipinski definition) is 16. The lowest BCUT2D eigenvalue weighted by atomic mass is 10.1. The molecule has 8 rings (SSSR count). The lowest BCUT2D eigenvalue weighted by molar-refractivity contribution is 0.00206. The van der Waals surface area contributed by atoms with Crippen LogP contribution in [0.3, 0.4) is 0 Å². The third-order valence-electron chi connectivity index (χ3n) is 10.8. The second-order valence-corrected chi connectivity index (χ2v) is 17.1. The number of likely N-dealkylation sites (N-methyl/N-ethyl adjacent to an activating group) is 5. The van der Waals surface area contributed by atoms with E-state index in [1.54, 1.807) is 0 Å². The smallest absolute Gasteiger partial charge is 0.0989 e. The van der Waals surface area contributed by atoms with Gasteiger partial charge in [-0.2, -0.15) is 0 Å². The van der Waals surface area contributed by atoms with Gasteiger partial charge in [-0.05, 0) is 128 Å². The molecule has 8 fully saturated rings. The molecule has 0 N–H and O–H groups in total. The zero-order valence-corrected chi connectivity index (χ0v) is 41.0. The molecule has 0 spiro atoms. The van der Waals surface area contributed by atoms with Crippen LogP contribution >= 0.6 is 0 Å². The fourth-order valence-electron chi connectivity index (χ4n) is 5.85. The molecule has 8 aliphatic rings. The summed E-state index contributed by atoms with van der Waals surface area (Å²) in [6.45, 7) is 29.8. The maximum absolute atomic E-state index is 5.43. The number of nitrogens with zero attached hydrogens (tertiary/aromatic N) is 8. The van der Waals surface area contributed by atoms with Gasteiger partial charge in [-0.25, -0.2) is 0 Å². The first-order valence-electron chi connectivity index (χ1n) is 23.8. The maximum atomic E-state index is 5.43. The molecule has 0 aliphatic carbocycles. The van der Waals surface area contributed by atoms with E-state index < -0.39 is 0 Å². The highest BCUT2D eigenvalue weighted by atomic mass is 16.6. The molecule has 366 valence electrons. The molecule has 0 aromatic rings. The summed E-state index contributed by atoms with van der Waals surface area (Å²) in [5.41, 5.74) is 0.